The molecule has 0 aliphatic rings. The fourth-order valence-corrected chi connectivity index (χ4v) is 11.2. The lowest BCUT2D eigenvalue weighted by Gasteiger charge is -2.20. The molecule has 0 fully saturated rings. The van der Waals surface area contributed by atoms with E-state index in [0.717, 1.165) is 44.7 Å². The maximum absolute atomic E-state index is 6.74. The number of furan rings is 1. The average Bonchev–Trinajstić information content (AvgIpc) is 3.89. The van der Waals surface area contributed by atoms with Gasteiger partial charge in [0, 0.05) is 27.4 Å². The van der Waals surface area contributed by atoms with Crippen molar-refractivity contribution in [2.24, 2.45) is 0 Å². The van der Waals surface area contributed by atoms with Crippen LogP contribution in [0.15, 0.2) is 242 Å². The van der Waals surface area contributed by atoms with Gasteiger partial charge >= 0.3 is 0 Å². The van der Waals surface area contributed by atoms with Crippen molar-refractivity contribution in [2.45, 2.75) is 6.92 Å². The first-order chi connectivity index (χ1) is 33.2. The molecule has 0 bridgehead atoms. The van der Waals surface area contributed by atoms with E-state index in [2.05, 4.69) is 243 Å². The summed E-state index contributed by atoms with van der Waals surface area (Å²) in [5.74, 6) is 0.867. The Morgan fingerprint density at radius 3 is 1.42 bits per heavy atom. The van der Waals surface area contributed by atoms with Crippen LogP contribution in [-0.2, 0) is 0 Å². The van der Waals surface area contributed by atoms with Crippen molar-refractivity contribution in [1.82, 2.24) is 4.57 Å². The zero-order valence-electron chi connectivity index (χ0n) is 37.0. The molecular formula is C65H43NO. The van der Waals surface area contributed by atoms with Crippen LogP contribution in [0.25, 0.3) is 121 Å². The average molecular weight is 854 g/mol. The molecule has 0 aliphatic heterocycles. The molecule has 0 spiro atoms. The Labute approximate surface area is 388 Å². The number of para-hydroxylation sites is 2. The van der Waals surface area contributed by atoms with Crippen LogP contribution < -0.4 is 0 Å². The molecule has 13 aromatic rings. The molecule has 0 saturated heterocycles. The number of fused-ring (bicyclic) bond motifs is 8. The van der Waals surface area contributed by atoms with Gasteiger partial charge in [-0.1, -0.05) is 201 Å². The van der Waals surface area contributed by atoms with E-state index in [1.165, 1.54) is 92.7 Å². The largest absolute Gasteiger partial charge is 0.461 e. The summed E-state index contributed by atoms with van der Waals surface area (Å²) in [5, 5.41) is 13.2. The molecule has 0 saturated carbocycles. The monoisotopic (exact) mass is 853 g/mol. The number of hydrogen-bond acceptors (Lipinski definition) is 1. The highest BCUT2D eigenvalue weighted by molar-refractivity contribution is 6.24. The van der Waals surface area contributed by atoms with Gasteiger partial charge in [0.1, 0.15) is 11.3 Å². The summed E-state index contributed by atoms with van der Waals surface area (Å²) >= 11 is 0. The highest BCUT2D eigenvalue weighted by Crippen LogP contribution is 2.49. The summed E-state index contributed by atoms with van der Waals surface area (Å²) in [4.78, 5) is 0. The van der Waals surface area contributed by atoms with Crippen molar-refractivity contribution in [3.63, 3.8) is 0 Å². The van der Waals surface area contributed by atoms with Crippen molar-refractivity contribution in [3.05, 3.63) is 254 Å². The van der Waals surface area contributed by atoms with E-state index >= 15 is 0 Å². The molecule has 0 unspecified atom stereocenters. The van der Waals surface area contributed by atoms with E-state index < -0.39 is 0 Å². The van der Waals surface area contributed by atoms with Gasteiger partial charge in [0.25, 0.3) is 0 Å². The van der Waals surface area contributed by atoms with Gasteiger partial charge in [0.05, 0.1) is 11.0 Å². The molecular weight excluding hydrogens is 811 g/mol. The Morgan fingerprint density at radius 2 is 0.836 bits per heavy atom. The topological polar surface area (TPSA) is 18.1 Å². The van der Waals surface area contributed by atoms with Crippen molar-refractivity contribution < 1.29 is 4.42 Å². The first-order valence-corrected chi connectivity index (χ1v) is 23.0. The van der Waals surface area contributed by atoms with Crippen LogP contribution in [0.4, 0.5) is 0 Å². The summed E-state index contributed by atoms with van der Waals surface area (Å²) in [5.41, 5.74) is 14.9. The van der Waals surface area contributed by atoms with E-state index in [-0.39, 0.29) is 0 Å². The van der Waals surface area contributed by atoms with Crippen LogP contribution in [-0.4, -0.2) is 4.57 Å². The van der Waals surface area contributed by atoms with Crippen LogP contribution in [0.3, 0.4) is 0 Å². The van der Waals surface area contributed by atoms with Gasteiger partial charge in [-0.15, -0.1) is 0 Å². The van der Waals surface area contributed by atoms with Crippen LogP contribution in [0.5, 0.6) is 0 Å². The van der Waals surface area contributed by atoms with E-state index in [4.69, 9.17) is 4.42 Å². The van der Waals surface area contributed by atoms with Gasteiger partial charge in [-0.3, -0.25) is 0 Å². The molecule has 2 heteroatoms. The molecule has 314 valence electrons. The van der Waals surface area contributed by atoms with Gasteiger partial charge in [-0.05, 0) is 131 Å². The molecule has 0 atom stereocenters. The Bertz CT molecular complexity index is 4050. The predicted octanol–water partition coefficient (Wildman–Crippen LogP) is 18.1. The normalized spacial score (nSPS) is 12.1. The van der Waals surface area contributed by atoms with Crippen LogP contribution >= 0.6 is 0 Å². The number of rotatable bonds is 7. The lowest BCUT2D eigenvalue weighted by Crippen LogP contribution is -1.97. The van der Waals surface area contributed by atoms with Crippen molar-refractivity contribution in [1.29, 1.82) is 0 Å². The SMILES string of the molecule is C=C/C=C(\c1c(C)oc2ccc(-c3c4ccccc4c(-c4ccccc4)c4ccccc34)cc12)c1c2ccccc2c(-c2ccc3c4ccccc4n(-c4ccccc4)c3c2)c2ccccc12. The van der Waals surface area contributed by atoms with Gasteiger partial charge < -0.3 is 8.98 Å². The first-order valence-electron chi connectivity index (χ1n) is 23.0. The minimum atomic E-state index is 0.855. The number of benzene rings is 11. The fourth-order valence-electron chi connectivity index (χ4n) is 11.2. The second-order valence-electron chi connectivity index (χ2n) is 17.5. The second kappa shape index (κ2) is 15.5. The molecule has 0 aliphatic carbocycles. The second-order valence-corrected chi connectivity index (χ2v) is 17.5. The summed E-state index contributed by atoms with van der Waals surface area (Å²) < 4.78 is 9.15. The van der Waals surface area contributed by atoms with E-state index in [1.54, 1.807) is 0 Å². The zero-order chi connectivity index (χ0) is 44.6. The first kappa shape index (κ1) is 38.7. The molecule has 11 aromatic carbocycles. The van der Waals surface area contributed by atoms with E-state index in [9.17, 15) is 0 Å². The number of hydrogen-bond donors (Lipinski definition) is 0. The van der Waals surface area contributed by atoms with Gasteiger partial charge in [0.15, 0.2) is 0 Å². The predicted molar refractivity (Wildman–Crippen MR) is 285 cm³/mol. The van der Waals surface area contributed by atoms with Crippen LogP contribution in [0.1, 0.15) is 16.9 Å². The lowest BCUT2D eigenvalue weighted by molar-refractivity contribution is 0.577. The fraction of sp³-hybridized carbons (Fsp3) is 0.0154. The quantitative estimate of drug-likeness (QED) is 0.115. The highest BCUT2D eigenvalue weighted by Gasteiger charge is 2.25. The molecule has 13 rings (SSSR count). The molecule has 0 radical (unpaired) electrons. The maximum atomic E-state index is 6.74. The van der Waals surface area contributed by atoms with Gasteiger partial charge in [0.2, 0.25) is 0 Å². The van der Waals surface area contributed by atoms with Gasteiger partial charge in [-0.2, -0.15) is 0 Å². The third kappa shape index (κ3) is 5.97. The molecule has 0 amide bonds. The third-order valence-corrected chi connectivity index (χ3v) is 13.9. The maximum Gasteiger partial charge on any atom is 0.134 e. The lowest BCUT2D eigenvalue weighted by atomic mass is 9.82. The molecule has 67 heavy (non-hydrogen) atoms. The molecule has 0 N–H and O–H groups in total. The summed E-state index contributed by atoms with van der Waals surface area (Å²) in [6.45, 7) is 6.41. The molecule has 2 nitrogen and oxygen atoms in total. The Morgan fingerprint density at radius 1 is 0.388 bits per heavy atom. The minimum Gasteiger partial charge on any atom is -0.461 e. The molecule has 2 heterocycles. The number of aromatic nitrogens is 1. The summed E-state index contributed by atoms with van der Waals surface area (Å²) in [6, 6.07) is 79.5. The van der Waals surface area contributed by atoms with Gasteiger partial charge in [-0.25, -0.2) is 0 Å². The highest BCUT2D eigenvalue weighted by atomic mass is 16.3. The Kier molecular flexibility index (Phi) is 8.94. The Balaban J connectivity index is 1.05. The summed E-state index contributed by atoms with van der Waals surface area (Å²) in [6.07, 6.45) is 4.11. The van der Waals surface area contributed by atoms with Crippen molar-refractivity contribution in [2.75, 3.05) is 0 Å². The molecule has 2 aromatic heterocycles. The van der Waals surface area contributed by atoms with E-state index in [0.29, 0.717) is 0 Å². The van der Waals surface area contributed by atoms with E-state index in [1.807, 2.05) is 6.08 Å². The Hall–Kier alpha value is -8.72. The standard InChI is InChI=1S/C65H43NO/c1-3-20-56(61-41(2)67-60-38-36-43(39-57(60)61)63-50-28-12-10-26-48(50)62(42-21-6-4-7-22-42)49-27-11-13-29-51(49)63)65-54-32-16-14-30-52(54)64(53-31-15-17-33-55(53)65)44-35-37-47-46-25-18-19-34-58(46)66(59(47)40-44)45-23-8-5-9-24-45/h3-40H,1H2,2H3/b56-20+. The third-order valence-electron chi connectivity index (χ3n) is 13.9. The van der Waals surface area contributed by atoms with Crippen molar-refractivity contribution in [3.8, 4) is 39.1 Å². The number of nitrogens with zero attached hydrogens (tertiary/aromatic N) is 1. The number of aryl methyl sites for hydroxylation is 1. The minimum absolute atomic E-state index is 0.855. The summed E-state index contributed by atoms with van der Waals surface area (Å²) in [7, 11) is 0. The number of allylic oxidation sites excluding steroid dienone is 2. The smallest absolute Gasteiger partial charge is 0.134 e. The zero-order valence-corrected chi connectivity index (χ0v) is 37.0. The van der Waals surface area contributed by atoms with Crippen LogP contribution in [0, 0.1) is 6.92 Å². The van der Waals surface area contributed by atoms with Crippen molar-refractivity contribution >= 4 is 81.4 Å². The van der Waals surface area contributed by atoms with Crippen LogP contribution in [0.2, 0.25) is 0 Å².